The molecule has 0 aliphatic rings. The van der Waals surface area contributed by atoms with E-state index in [4.69, 9.17) is 5.73 Å². The monoisotopic (exact) mass is 579 g/mol. The molecular weight excluding hydrogens is 534 g/mol. The van der Waals surface area contributed by atoms with E-state index in [0.717, 1.165) is 5.69 Å². The molecule has 6 rings (SSSR count). The summed E-state index contributed by atoms with van der Waals surface area (Å²) in [6.45, 7) is 4.45. The van der Waals surface area contributed by atoms with Crippen LogP contribution in [-0.4, -0.2) is 14.1 Å². The standard InChI is InChI=1S/C21H21N.C8H11N.C6H7N.C6H6/c1-17(2)18-13-15-21(16-14-18)22(19-9-5-3-6-10-19)20-11-7-4-8-12-20;1-9(2)8-6-4-3-5-7-8;7-6-4-2-1-3-5-6;1-2-4-6-5-3-1/h3-17H,1-2H3;3-7H,1-2H3;1-5H,7H2;1-6H. The molecule has 3 nitrogen and oxygen atoms in total. The van der Waals surface area contributed by atoms with Gasteiger partial charge in [-0.3, -0.25) is 0 Å². The highest BCUT2D eigenvalue weighted by Gasteiger charge is 2.11. The number of benzene rings is 6. The molecule has 0 saturated heterocycles. The Kier molecular flexibility index (Phi) is 14.4. The second-order valence-electron chi connectivity index (χ2n) is 10.5. The Hall–Kier alpha value is -5.28. The van der Waals surface area contributed by atoms with Crippen LogP contribution in [-0.2, 0) is 0 Å². The molecule has 0 saturated carbocycles. The van der Waals surface area contributed by atoms with Crippen molar-refractivity contribution < 1.29 is 0 Å². The minimum atomic E-state index is 0.552. The zero-order valence-corrected chi connectivity index (χ0v) is 26.4. The first-order valence-corrected chi connectivity index (χ1v) is 15.0. The van der Waals surface area contributed by atoms with Gasteiger partial charge in [0, 0.05) is 42.5 Å². The van der Waals surface area contributed by atoms with Gasteiger partial charge in [0.1, 0.15) is 0 Å². The lowest BCUT2D eigenvalue weighted by atomic mass is 10.0. The molecule has 0 bridgehead atoms. The van der Waals surface area contributed by atoms with E-state index in [1.807, 2.05) is 99.0 Å². The Morgan fingerprint density at radius 2 is 0.682 bits per heavy atom. The van der Waals surface area contributed by atoms with Crippen molar-refractivity contribution in [3.8, 4) is 0 Å². The number of para-hydroxylation sites is 4. The summed E-state index contributed by atoms with van der Waals surface area (Å²) in [5.74, 6) is 0.552. The highest BCUT2D eigenvalue weighted by Crippen LogP contribution is 2.34. The quantitative estimate of drug-likeness (QED) is 0.206. The number of rotatable bonds is 5. The molecule has 224 valence electrons. The van der Waals surface area contributed by atoms with Crippen molar-refractivity contribution in [1.82, 2.24) is 0 Å². The zero-order valence-electron chi connectivity index (χ0n) is 26.4. The van der Waals surface area contributed by atoms with Gasteiger partial charge in [0.05, 0.1) is 0 Å². The van der Waals surface area contributed by atoms with E-state index in [0.29, 0.717) is 5.92 Å². The van der Waals surface area contributed by atoms with Gasteiger partial charge in [0.15, 0.2) is 0 Å². The van der Waals surface area contributed by atoms with E-state index in [-0.39, 0.29) is 0 Å². The number of hydrogen-bond acceptors (Lipinski definition) is 3. The lowest BCUT2D eigenvalue weighted by molar-refractivity contribution is 0.866. The van der Waals surface area contributed by atoms with Crippen molar-refractivity contribution in [3.63, 3.8) is 0 Å². The minimum Gasteiger partial charge on any atom is -0.399 e. The van der Waals surface area contributed by atoms with Gasteiger partial charge in [-0.25, -0.2) is 0 Å². The highest BCUT2D eigenvalue weighted by atomic mass is 15.1. The number of hydrogen-bond donors (Lipinski definition) is 1. The van der Waals surface area contributed by atoms with Crippen LogP contribution in [0.15, 0.2) is 182 Å². The molecule has 0 aliphatic heterocycles. The first-order chi connectivity index (χ1) is 21.5. The van der Waals surface area contributed by atoms with E-state index in [9.17, 15) is 0 Å². The Bertz CT molecular complexity index is 1450. The summed E-state index contributed by atoms with van der Waals surface area (Å²) in [6.07, 6.45) is 0. The lowest BCUT2D eigenvalue weighted by Gasteiger charge is -2.25. The van der Waals surface area contributed by atoms with Gasteiger partial charge in [0.25, 0.3) is 0 Å². The Balaban J connectivity index is 0.000000195. The summed E-state index contributed by atoms with van der Waals surface area (Å²) in [5.41, 5.74) is 12.3. The summed E-state index contributed by atoms with van der Waals surface area (Å²) in [5, 5.41) is 0. The van der Waals surface area contributed by atoms with Crippen LogP contribution in [0.25, 0.3) is 0 Å². The zero-order chi connectivity index (χ0) is 31.4. The third-order valence-corrected chi connectivity index (χ3v) is 6.59. The Morgan fingerprint density at radius 1 is 0.386 bits per heavy atom. The first-order valence-electron chi connectivity index (χ1n) is 15.0. The Morgan fingerprint density at radius 3 is 0.955 bits per heavy atom. The molecule has 6 aromatic rings. The number of anilines is 5. The average Bonchev–Trinajstić information content (AvgIpc) is 3.08. The van der Waals surface area contributed by atoms with Gasteiger partial charge in [-0.05, 0) is 72.1 Å². The number of nitrogen functional groups attached to an aromatic ring is 1. The first kappa shape index (κ1) is 33.2. The van der Waals surface area contributed by atoms with Crippen molar-refractivity contribution in [2.75, 3.05) is 29.6 Å². The van der Waals surface area contributed by atoms with Gasteiger partial charge >= 0.3 is 0 Å². The van der Waals surface area contributed by atoms with Crippen LogP contribution in [0.2, 0.25) is 0 Å². The van der Waals surface area contributed by atoms with E-state index in [1.165, 1.54) is 28.3 Å². The summed E-state index contributed by atoms with van der Waals surface area (Å²) >= 11 is 0. The molecular formula is C41H45N3. The molecule has 0 aliphatic carbocycles. The largest absolute Gasteiger partial charge is 0.399 e. The molecule has 0 atom stereocenters. The molecule has 0 amide bonds. The number of nitrogens with zero attached hydrogens (tertiary/aromatic N) is 2. The van der Waals surface area contributed by atoms with Gasteiger partial charge < -0.3 is 15.5 Å². The van der Waals surface area contributed by atoms with Crippen molar-refractivity contribution in [2.45, 2.75) is 19.8 Å². The van der Waals surface area contributed by atoms with Crippen molar-refractivity contribution in [1.29, 1.82) is 0 Å². The molecule has 0 heterocycles. The lowest BCUT2D eigenvalue weighted by Crippen LogP contribution is -2.09. The highest BCUT2D eigenvalue weighted by molar-refractivity contribution is 5.76. The van der Waals surface area contributed by atoms with Crippen LogP contribution < -0.4 is 15.5 Å². The van der Waals surface area contributed by atoms with Crippen molar-refractivity contribution in [3.05, 3.63) is 188 Å². The van der Waals surface area contributed by atoms with Gasteiger partial charge in [-0.1, -0.05) is 135 Å². The predicted molar refractivity (Wildman–Crippen MR) is 193 cm³/mol. The van der Waals surface area contributed by atoms with Gasteiger partial charge in [-0.15, -0.1) is 0 Å². The van der Waals surface area contributed by atoms with Crippen LogP contribution in [0.3, 0.4) is 0 Å². The smallest absolute Gasteiger partial charge is 0.0461 e. The molecule has 0 spiro atoms. The van der Waals surface area contributed by atoms with Gasteiger partial charge in [0.2, 0.25) is 0 Å². The molecule has 0 unspecified atom stereocenters. The topological polar surface area (TPSA) is 32.5 Å². The molecule has 0 aromatic heterocycles. The maximum atomic E-state index is 5.36. The molecule has 44 heavy (non-hydrogen) atoms. The van der Waals surface area contributed by atoms with Crippen LogP contribution in [0.4, 0.5) is 28.4 Å². The van der Waals surface area contributed by atoms with Crippen molar-refractivity contribution >= 4 is 28.4 Å². The third kappa shape index (κ3) is 11.9. The van der Waals surface area contributed by atoms with Crippen LogP contribution >= 0.6 is 0 Å². The van der Waals surface area contributed by atoms with Gasteiger partial charge in [-0.2, -0.15) is 0 Å². The average molecular weight is 580 g/mol. The molecule has 2 N–H and O–H groups in total. The molecule has 0 fully saturated rings. The fourth-order valence-electron chi connectivity index (χ4n) is 4.17. The third-order valence-electron chi connectivity index (χ3n) is 6.59. The predicted octanol–water partition coefficient (Wildman–Crippen LogP) is 11.0. The van der Waals surface area contributed by atoms with E-state index >= 15 is 0 Å². The van der Waals surface area contributed by atoms with Crippen molar-refractivity contribution in [2.24, 2.45) is 0 Å². The second-order valence-corrected chi connectivity index (χ2v) is 10.5. The molecule has 3 heteroatoms. The fourth-order valence-corrected chi connectivity index (χ4v) is 4.17. The van der Waals surface area contributed by atoms with E-state index < -0.39 is 0 Å². The maximum absolute atomic E-state index is 5.36. The second kappa shape index (κ2) is 19.0. The minimum absolute atomic E-state index is 0.552. The number of nitrogens with two attached hydrogens (primary N) is 1. The fraction of sp³-hybridized carbons (Fsp3) is 0.122. The SMILES string of the molecule is CC(C)c1ccc(N(c2ccccc2)c2ccccc2)cc1.CN(C)c1ccccc1.Nc1ccccc1.c1ccccc1. The van der Waals surface area contributed by atoms with Crippen LogP contribution in [0.5, 0.6) is 0 Å². The van der Waals surface area contributed by atoms with E-state index in [1.54, 1.807) is 0 Å². The van der Waals surface area contributed by atoms with E-state index in [2.05, 4.69) is 121 Å². The Labute approximate surface area is 264 Å². The molecule has 0 radical (unpaired) electrons. The summed E-state index contributed by atoms with van der Waals surface area (Å²) < 4.78 is 0. The van der Waals surface area contributed by atoms with Crippen LogP contribution in [0.1, 0.15) is 25.3 Å². The van der Waals surface area contributed by atoms with Crippen LogP contribution in [0, 0.1) is 0 Å². The summed E-state index contributed by atoms with van der Waals surface area (Å²) in [4.78, 5) is 4.37. The summed E-state index contributed by atoms with van der Waals surface area (Å²) in [6, 6.07) is 61.6. The maximum Gasteiger partial charge on any atom is 0.0461 e. The molecule has 6 aromatic carbocycles. The summed E-state index contributed by atoms with van der Waals surface area (Å²) in [7, 11) is 4.07. The normalized spacial score (nSPS) is 9.66.